The summed E-state index contributed by atoms with van der Waals surface area (Å²) >= 11 is 3.43. The van der Waals surface area contributed by atoms with Gasteiger partial charge in [-0.2, -0.15) is 0 Å². The second-order valence-corrected chi connectivity index (χ2v) is 9.15. The topological polar surface area (TPSA) is 45.7 Å². The molecule has 4 bridgehead atoms. The molecule has 0 spiro atoms. The quantitative estimate of drug-likeness (QED) is 0.830. The van der Waals surface area contributed by atoms with Gasteiger partial charge >= 0.3 is 0 Å². The van der Waals surface area contributed by atoms with Crippen LogP contribution in [-0.4, -0.2) is 17.5 Å². The van der Waals surface area contributed by atoms with Crippen LogP contribution in [0.1, 0.15) is 45.4 Å². The standard InChI is InChI=1S/C19H25BrN2O/c1-12(18(23)21-17-4-2-16(20)3-5-17)22-19-9-13-6-14(10-19)8-15(7-13)11-19/h2-5,12-15,22H,6-11H2,1H3,(H,21,23)/p+1/t12-,13?,14?,15?,19?/m1/s1. The smallest absolute Gasteiger partial charge is 0.282 e. The summed E-state index contributed by atoms with van der Waals surface area (Å²) in [4.78, 5) is 12.6. The van der Waals surface area contributed by atoms with Gasteiger partial charge in [0, 0.05) is 29.4 Å². The summed E-state index contributed by atoms with van der Waals surface area (Å²) in [6, 6.07) is 7.79. The second-order valence-electron chi connectivity index (χ2n) is 8.23. The van der Waals surface area contributed by atoms with E-state index in [-0.39, 0.29) is 11.9 Å². The van der Waals surface area contributed by atoms with Gasteiger partial charge in [-0.1, -0.05) is 15.9 Å². The number of nitrogens with one attached hydrogen (secondary N) is 1. The molecule has 0 heterocycles. The molecule has 0 aliphatic heterocycles. The molecule has 1 aromatic carbocycles. The van der Waals surface area contributed by atoms with Crippen LogP contribution >= 0.6 is 15.9 Å². The van der Waals surface area contributed by atoms with E-state index >= 15 is 0 Å². The van der Waals surface area contributed by atoms with Crippen molar-refractivity contribution in [3.05, 3.63) is 28.7 Å². The van der Waals surface area contributed by atoms with Gasteiger partial charge in [0.25, 0.3) is 5.91 Å². The molecule has 4 aliphatic carbocycles. The Kier molecular flexibility index (Phi) is 4.01. The summed E-state index contributed by atoms with van der Waals surface area (Å²) in [6.07, 6.45) is 8.34. The van der Waals surface area contributed by atoms with E-state index in [2.05, 4.69) is 33.5 Å². The van der Waals surface area contributed by atoms with Gasteiger partial charge in [0.2, 0.25) is 0 Å². The predicted octanol–water partition coefficient (Wildman–Crippen LogP) is 3.31. The number of amides is 1. The van der Waals surface area contributed by atoms with E-state index in [4.69, 9.17) is 0 Å². The average Bonchev–Trinajstić information content (AvgIpc) is 2.47. The molecule has 4 aliphatic rings. The average molecular weight is 378 g/mol. The number of hydrogen-bond acceptors (Lipinski definition) is 1. The first-order valence-corrected chi connectivity index (χ1v) is 9.73. The minimum Gasteiger partial charge on any atom is -0.331 e. The lowest BCUT2D eigenvalue weighted by molar-refractivity contribution is -0.754. The molecule has 0 saturated heterocycles. The normalized spacial score (nSPS) is 36.0. The maximum Gasteiger partial charge on any atom is 0.282 e. The second kappa shape index (κ2) is 5.89. The van der Waals surface area contributed by atoms with Gasteiger partial charge < -0.3 is 10.6 Å². The minimum absolute atomic E-state index is 0.0186. The largest absolute Gasteiger partial charge is 0.331 e. The predicted molar refractivity (Wildman–Crippen MR) is 95.1 cm³/mol. The minimum atomic E-state index is -0.0186. The highest BCUT2D eigenvalue weighted by Gasteiger charge is 2.54. The van der Waals surface area contributed by atoms with Gasteiger partial charge in [-0.3, -0.25) is 4.79 Å². The van der Waals surface area contributed by atoms with Crippen molar-refractivity contribution in [1.82, 2.24) is 0 Å². The molecule has 1 atom stereocenters. The number of hydrogen-bond donors (Lipinski definition) is 2. The fraction of sp³-hybridized carbons (Fsp3) is 0.632. The molecule has 4 saturated carbocycles. The van der Waals surface area contributed by atoms with Crippen LogP contribution in [0.4, 0.5) is 5.69 Å². The van der Waals surface area contributed by atoms with Crippen molar-refractivity contribution in [1.29, 1.82) is 0 Å². The van der Waals surface area contributed by atoms with Gasteiger partial charge in [-0.05, 0) is 68.2 Å². The van der Waals surface area contributed by atoms with E-state index < -0.39 is 0 Å². The number of quaternary nitrogens is 1. The lowest BCUT2D eigenvalue weighted by Gasteiger charge is -2.55. The zero-order valence-electron chi connectivity index (χ0n) is 13.7. The summed E-state index contributed by atoms with van der Waals surface area (Å²) in [5.41, 5.74) is 1.23. The third-order valence-electron chi connectivity index (χ3n) is 6.21. The van der Waals surface area contributed by atoms with E-state index in [9.17, 15) is 4.79 Å². The van der Waals surface area contributed by atoms with Crippen molar-refractivity contribution in [2.75, 3.05) is 5.32 Å². The first kappa shape index (κ1) is 15.6. The van der Waals surface area contributed by atoms with Crippen LogP contribution in [0, 0.1) is 17.8 Å². The summed E-state index contributed by atoms with van der Waals surface area (Å²) in [5, 5.41) is 5.47. The number of carbonyl (C=O) groups is 1. The Labute approximate surface area is 146 Å². The molecule has 1 amide bonds. The van der Waals surface area contributed by atoms with Crippen LogP contribution in [0.2, 0.25) is 0 Å². The highest BCUT2D eigenvalue weighted by Crippen LogP contribution is 2.54. The van der Waals surface area contributed by atoms with E-state index in [1.165, 1.54) is 38.5 Å². The third-order valence-corrected chi connectivity index (χ3v) is 6.74. The molecule has 5 rings (SSSR count). The summed E-state index contributed by atoms with van der Waals surface area (Å²) in [5.74, 6) is 2.92. The van der Waals surface area contributed by atoms with Crippen molar-refractivity contribution in [3.63, 3.8) is 0 Å². The molecular weight excluding hydrogens is 352 g/mol. The fourth-order valence-electron chi connectivity index (χ4n) is 5.78. The first-order chi connectivity index (χ1) is 11.0. The van der Waals surface area contributed by atoms with Crippen molar-refractivity contribution in [3.8, 4) is 0 Å². The summed E-state index contributed by atoms with van der Waals surface area (Å²) in [6.45, 7) is 2.06. The maximum absolute atomic E-state index is 12.6. The fourth-order valence-corrected chi connectivity index (χ4v) is 6.04. The van der Waals surface area contributed by atoms with Crippen LogP contribution in [0.25, 0.3) is 0 Å². The number of carbonyl (C=O) groups excluding carboxylic acids is 1. The van der Waals surface area contributed by atoms with E-state index in [1.54, 1.807) is 0 Å². The Morgan fingerprint density at radius 3 is 2.17 bits per heavy atom. The molecule has 3 nitrogen and oxygen atoms in total. The van der Waals surface area contributed by atoms with E-state index in [1.807, 2.05) is 24.3 Å². The lowest BCUT2D eigenvalue weighted by atomic mass is 9.53. The first-order valence-electron chi connectivity index (χ1n) is 8.94. The molecule has 4 heteroatoms. The molecule has 124 valence electrons. The number of nitrogens with two attached hydrogens (primary N) is 1. The van der Waals surface area contributed by atoms with Crippen LogP contribution in [0.5, 0.6) is 0 Å². The SMILES string of the molecule is C[C@@H]([NH2+]C12CC3CC(CC(C3)C1)C2)C(=O)Nc1ccc(Br)cc1. The third kappa shape index (κ3) is 3.20. The zero-order valence-corrected chi connectivity index (χ0v) is 15.3. The molecule has 4 fully saturated rings. The van der Waals surface area contributed by atoms with Crippen LogP contribution < -0.4 is 10.6 Å². The van der Waals surface area contributed by atoms with Crippen molar-refractivity contribution < 1.29 is 10.1 Å². The van der Waals surface area contributed by atoms with Gasteiger partial charge in [-0.15, -0.1) is 0 Å². The number of rotatable bonds is 4. The highest BCUT2D eigenvalue weighted by atomic mass is 79.9. The summed E-state index contributed by atoms with van der Waals surface area (Å²) in [7, 11) is 0. The molecule has 0 radical (unpaired) electrons. The molecule has 23 heavy (non-hydrogen) atoms. The van der Waals surface area contributed by atoms with Crippen molar-refractivity contribution in [2.24, 2.45) is 17.8 Å². The van der Waals surface area contributed by atoms with Crippen LogP contribution in [0.15, 0.2) is 28.7 Å². The maximum atomic E-state index is 12.6. The Morgan fingerprint density at radius 1 is 1.13 bits per heavy atom. The lowest BCUT2D eigenvalue weighted by Crippen LogP contribution is -3.03. The molecule has 0 aromatic heterocycles. The highest BCUT2D eigenvalue weighted by molar-refractivity contribution is 9.10. The monoisotopic (exact) mass is 377 g/mol. The van der Waals surface area contributed by atoms with Gasteiger partial charge in [0.05, 0.1) is 5.54 Å². The Morgan fingerprint density at radius 2 is 1.65 bits per heavy atom. The van der Waals surface area contributed by atoms with Gasteiger partial charge in [0.1, 0.15) is 0 Å². The molecule has 1 aromatic rings. The van der Waals surface area contributed by atoms with Crippen LogP contribution in [-0.2, 0) is 4.79 Å². The molecular formula is C19H26BrN2O+. The zero-order chi connectivity index (χ0) is 16.0. The van der Waals surface area contributed by atoms with Gasteiger partial charge in [0.15, 0.2) is 6.04 Å². The Bertz CT molecular complexity index is 563. The van der Waals surface area contributed by atoms with Crippen LogP contribution in [0.3, 0.4) is 0 Å². The van der Waals surface area contributed by atoms with E-state index in [0.717, 1.165) is 27.9 Å². The van der Waals surface area contributed by atoms with Crippen molar-refractivity contribution >= 4 is 27.5 Å². The Balaban J connectivity index is 1.40. The Hall–Kier alpha value is -0.870. The molecule has 3 N–H and O–H groups in total. The summed E-state index contributed by atoms with van der Waals surface area (Å²) < 4.78 is 1.03. The number of halogens is 1. The molecule has 0 unspecified atom stereocenters. The van der Waals surface area contributed by atoms with Gasteiger partial charge in [-0.25, -0.2) is 0 Å². The number of benzene rings is 1. The van der Waals surface area contributed by atoms with E-state index in [0.29, 0.717) is 5.54 Å². The van der Waals surface area contributed by atoms with Crippen molar-refractivity contribution in [2.45, 2.75) is 57.0 Å². The number of anilines is 1.